The highest BCUT2D eigenvalue weighted by Gasteiger charge is 2.44. The summed E-state index contributed by atoms with van der Waals surface area (Å²) in [7, 11) is 0. The Bertz CT molecular complexity index is 823. The highest BCUT2D eigenvalue weighted by molar-refractivity contribution is 5.80. The molecule has 1 amide bonds. The van der Waals surface area contributed by atoms with Gasteiger partial charge in [0.25, 0.3) is 0 Å². The maximum absolute atomic E-state index is 13.1. The van der Waals surface area contributed by atoms with Crippen molar-refractivity contribution < 1.29 is 44.9 Å². The zero-order valence-electron chi connectivity index (χ0n) is 27.4. The molecule has 7 N–H and O–H groups in total. The average Bonchev–Trinajstić information content (AvgIpc) is 2.86. The fourth-order valence-corrected chi connectivity index (χ4v) is 5.58. The van der Waals surface area contributed by atoms with Crippen LogP contribution in [0.5, 0.6) is 0 Å². The van der Waals surface area contributed by atoms with E-state index in [-0.39, 0.29) is 35.2 Å². The Kier molecular flexibility index (Phi) is 15.6. The molecule has 248 valence electrons. The second-order valence-electron chi connectivity index (χ2n) is 15.1. The van der Waals surface area contributed by atoms with Gasteiger partial charge in [0.1, 0.15) is 30.5 Å². The lowest BCUT2D eigenvalue weighted by atomic mass is 9.74. The number of hydrogen-bond acceptors (Lipinski definition) is 9. The third-order valence-corrected chi connectivity index (χ3v) is 8.05. The Morgan fingerprint density at radius 2 is 1.50 bits per heavy atom. The molecular weight excluding hydrogens is 542 g/mol. The van der Waals surface area contributed by atoms with Gasteiger partial charge < -0.3 is 45.4 Å². The molecule has 1 aliphatic heterocycles. The Hall–Kier alpha value is -1.11. The first-order valence-electron chi connectivity index (χ1n) is 15.5. The van der Waals surface area contributed by atoms with Crippen molar-refractivity contribution in [2.75, 3.05) is 13.2 Å². The van der Waals surface area contributed by atoms with Crippen LogP contribution in [0.2, 0.25) is 0 Å². The maximum Gasteiger partial charge on any atom is 0.249 e. The first kappa shape index (κ1) is 38.9. The number of carbonyl (C=O) groups excluding carboxylic acids is 1. The zero-order chi connectivity index (χ0) is 32.5. The van der Waals surface area contributed by atoms with Gasteiger partial charge in [0.05, 0.1) is 25.4 Å². The highest BCUT2D eigenvalue weighted by Crippen LogP contribution is 2.36. The summed E-state index contributed by atoms with van der Waals surface area (Å²) in [5.74, 6) is -0.515. The van der Waals surface area contributed by atoms with Crippen LogP contribution in [0, 0.1) is 22.2 Å². The van der Waals surface area contributed by atoms with Crippen molar-refractivity contribution >= 4 is 5.91 Å². The number of hydrogen-bond donors (Lipinski definition) is 7. The quantitative estimate of drug-likeness (QED) is 0.124. The van der Waals surface area contributed by atoms with E-state index in [9.17, 15) is 35.4 Å². The van der Waals surface area contributed by atoms with E-state index in [1.54, 1.807) is 6.08 Å². The molecule has 1 saturated heterocycles. The van der Waals surface area contributed by atoms with Crippen LogP contribution < -0.4 is 5.32 Å². The Morgan fingerprint density at radius 1 is 0.905 bits per heavy atom. The standard InChI is InChI=1S/C32H61NO9/c1-10-13-31(6,7)14-15-32(8,9)17-23(36)28(40)33-21(22(35)12-11-20(2)16-30(3,4)5)19-41-29-27(39)26(38)25(37)24(18-34)42-29/h11-12,20-27,29,34-39H,10,13-19H2,1-9H3,(H,33,40)/b12-11+/t20?,21-,22-,23?,24?,25?,26?,27?,29?/m1/s1. The van der Waals surface area contributed by atoms with Crippen LogP contribution in [0.3, 0.4) is 0 Å². The predicted octanol–water partition coefficient (Wildman–Crippen LogP) is 2.66. The van der Waals surface area contributed by atoms with Crippen molar-refractivity contribution in [3.8, 4) is 0 Å². The molecule has 0 aromatic heterocycles. The van der Waals surface area contributed by atoms with Crippen LogP contribution in [0.15, 0.2) is 12.2 Å². The maximum atomic E-state index is 13.1. The van der Waals surface area contributed by atoms with Gasteiger partial charge in [0, 0.05) is 0 Å². The minimum atomic E-state index is -1.62. The van der Waals surface area contributed by atoms with Crippen molar-refractivity contribution in [1.82, 2.24) is 5.32 Å². The summed E-state index contributed by atoms with van der Waals surface area (Å²) in [6.07, 6.45) is -1.34. The lowest BCUT2D eigenvalue weighted by Crippen LogP contribution is -2.60. The molecule has 0 aromatic rings. The molecule has 1 heterocycles. The van der Waals surface area contributed by atoms with Gasteiger partial charge in [-0.3, -0.25) is 4.79 Å². The monoisotopic (exact) mass is 603 g/mol. The van der Waals surface area contributed by atoms with E-state index in [2.05, 4.69) is 46.9 Å². The third-order valence-electron chi connectivity index (χ3n) is 8.05. The van der Waals surface area contributed by atoms with Gasteiger partial charge in [-0.25, -0.2) is 0 Å². The van der Waals surface area contributed by atoms with Gasteiger partial charge in [-0.05, 0) is 54.3 Å². The third kappa shape index (κ3) is 13.7. The number of nitrogens with one attached hydrogen (secondary N) is 1. The molecule has 9 atom stereocenters. The molecule has 1 rings (SSSR count). The summed E-state index contributed by atoms with van der Waals surface area (Å²) in [5.41, 5.74) is -0.0468. The first-order valence-corrected chi connectivity index (χ1v) is 15.5. The van der Waals surface area contributed by atoms with Crippen LogP contribution in [-0.4, -0.2) is 98.7 Å². The van der Waals surface area contributed by atoms with E-state index in [1.807, 2.05) is 26.8 Å². The number of ether oxygens (including phenoxy) is 2. The Labute approximate surface area is 253 Å². The first-order chi connectivity index (χ1) is 19.2. The van der Waals surface area contributed by atoms with Gasteiger partial charge in [-0.2, -0.15) is 0 Å². The molecule has 10 heteroatoms. The molecule has 1 aliphatic rings. The zero-order valence-corrected chi connectivity index (χ0v) is 27.4. The lowest BCUT2D eigenvalue weighted by molar-refractivity contribution is -0.302. The molecule has 0 radical (unpaired) electrons. The van der Waals surface area contributed by atoms with Crippen molar-refractivity contribution in [3.63, 3.8) is 0 Å². The van der Waals surface area contributed by atoms with E-state index in [0.717, 1.165) is 32.1 Å². The molecule has 0 bridgehead atoms. The minimum Gasteiger partial charge on any atom is -0.394 e. The van der Waals surface area contributed by atoms with Crippen molar-refractivity contribution in [2.45, 2.75) is 150 Å². The second-order valence-corrected chi connectivity index (χ2v) is 15.1. The molecular formula is C32H61NO9. The highest BCUT2D eigenvalue weighted by atomic mass is 16.7. The second kappa shape index (κ2) is 16.8. The molecule has 10 nitrogen and oxygen atoms in total. The molecule has 0 spiro atoms. The number of amides is 1. The topological polar surface area (TPSA) is 169 Å². The number of rotatable bonds is 17. The molecule has 1 fully saturated rings. The lowest BCUT2D eigenvalue weighted by Gasteiger charge is -2.40. The van der Waals surface area contributed by atoms with Crippen molar-refractivity contribution in [3.05, 3.63) is 12.2 Å². The van der Waals surface area contributed by atoms with Crippen molar-refractivity contribution in [1.29, 1.82) is 0 Å². The summed E-state index contributed by atoms with van der Waals surface area (Å²) in [5, 5.41) is 64.5. The van der Waals surface area contributed by atoms with Crippen LogP contribution in [0.1, 0.15) is 101 Å². The predicted molar refractivity (Wildman–Crippen MR) is 162 cm³/mol. The minimum absolute atomic E-state index is 0.0806. The summed E-state index contributed by atoms with van der Waals surface area (Å²) in [6, 6.07) is -1.02. The molecule has 0 aromatic carbocycles. The number of carbonyl (C=O) groups is 1. The normalized spacial score (nSPS) is 27.1. The summed E-state index contributed by atoms with van der Waals surface area (Å²) in [6.45, 7) is 18.1. The fraction of sp³-hybridized carbons (Fsp3) is 0.906. The average molecular weight is 604 g/mol. The largest absolute Gasteiger partial charge is 0.394 e. The van der Waals surface area contributed by atoms with Crippen LogP contribution in [0.25, 0.3) is 0 Å². The number of allylic oxidation sites excluding steroid dienone is 1. The smallest absolute Gasteiger partial charge is 0.249 e. The van der Waals surface area contributed by atoms with E-state index in [0.29, 0.717) is 0 Å². The van der Waals surface area contributed by atoms with E-state index < -0.39 is 61.5 Å². The van der Waals surface area contributed by atoms with Crippen LogP contribution >= 0.6 is 0 Å². The molecule has 0 aliphatic carbocycles. The van der Waals surface area contributed by atoms with Gasteiger partial charge in [-0.1, -0.05) is 80.9 Å². The molecule has 0 saturated carbocycles. The van der Waals surface area contributed by atoms with Gasteiger partial charge in [0.2, 0.25) is 5.91 Å². The molecule has 42 heavy (non-hydrogen) atoms. The summed E-state index contributed by atoms with van der Waals surface area (Å²) in [4.78, 5) is 13.1. The number of aliphatic hydroxyl groups excluding tert-OH is 6. The Morgan fingerprint density at radius 3 is 2.05 bits per heavy atom. The van der Waals surface area contributed by atoms with Gasteiger partial charge in [0.15, 0.2) is 6.29 Å². The Balaban J connectivity index is 2.99. The van der Waals surface area contributed by atoms with Crippen molar-refractivity contribution in [2.24, 2.45) is 22.2 Å². The molecule has 7 unspecified atom stereocenters. The van der Waals surface area contributed by atoms with E-state index >= 15 is 0 Å². The fourth-order valence-electron chi connectivity index (χ4n) is 5.58. The van der Waals surface area contributed by atoms with Crippen LogP contribution in [0.4, 0.5) is 0 Å². The SMILES string of the molecule is CCCC(C)(C)CCC(C)(C)CC(O)C(=O)N[C@H](COC1OC(CO)C(O)C(O)C1O)[C@H](O)/C=C/C(C)CC(C)(C)C. The number of aliphatic hydroxyl groups is 6. The van der Waals surface area contributed by atoms with Gasteiger partial charge >= 0.3 is 0 Å². The van der Waals surface area contributed by atoms with E-state index in [1.165, 1.54) is 0 Å². The van der Waals surface area contributed by atoms with Gasteiger partial charge in [-0.15, -0.1) is 0 Å². The summed E-state index contributed by atoms with van der Waals surface area (Å²) < 4.78 is 11.1. The van der Waals surface area contributed by atoms with E-state index in [4.69, 9.17) is 9.47 Å². The summed E-state index contributed by atoms with van der Waals surface area (Å²) >= 11 is 0. The van der Waals surface area contributed by atoms with Crippen LogP contribution in [-0.2, 0) is 14.3 Å².